The van der Waals surface area contributed by atoms with Crippen molar-refractivity contribution in [3.63, 3.8) is 0 Å². The number of rotatable bonds is 4. The van der Waals surface area contributed by atoms with Crippen LogP contribution >= 0.6 is 11.3 Å². The van der Waals surface area contributed by atoms with Gasteiger partial charge >= 0.3 is 5.97 Å². The Bertz CT molecular complexity index is 644. The van der Waals surface area contributed by atoms with Gasteiger partial charge in [-0.25, -0.2) is 4.79 Å². The summed E-state index contributed by atoms with van der Waals surface area (Å²) in [6.07, 6.45) is 0.532. The van der Waals surface area contributed by atoms with E-state index < -0.39 is 0 Å². The summed E-state index contributed by atoms with van der Waals surface area (Å²) in [6.45, 7) is 2.12. The predicted molar refractivity (Wildman–Crippen MR) is 81.7 cm³/mol. The maximum absolute atomic E-state index is 12.2. The summed E-state index contributed by atoms with van der Waals surface area (Å²) in [7, 11) is 0. The number of carbonyl (C=O) groups is 1. The number of benzene rings is 1. The molecule has 1 aromatic carbocycles. The second-order valence-electron chi connectivity index (χ2n) is 4.92. The lowest BCUT2D eigenvalue weighted by Crippen LogP contribution is -2.08. The van der Waals surface area contributed by atoms with Crippen LogP contribution in [-0.4, -0.2) is 5.97 Å². The van der Waals surface area contributed by atoms with E-state index in [4.69, 9.17) is 9.47 Å². The maximum atomic E-state index is 12.2. The van der Waals surface area contributed by atoms with E-state index in [1.807, 2.05) is 54.8 Å². The first-order valence-electron chi connectivity index (χ1n) is 6.85. The molecule has 4 heteroatoms. The summed E-state index contributed by atoms with van der Waals surface area (Å²) in [5, 5.41) is 2.01. The van der Waals surface area contributed by atoms with Gasteiger partial charge in [-0.2, -0.15) is 0 Å². The summed E-state index contributed by atoms with van der Waals surface area (Å²) in [6, 6.07) is 13.7. The van der Waals surface area contributed by atoms with Crippen LogP contribution in [0.25, 0.3) is 0 Å². The number of hydrogen-bond acceptors (Lipinski definition) is 4. The molecule has 0 amide bonds. The monoisotopic (exact) mass is 300 g/mol. The van der Waals surface area contributed by atoms with Crippen LogP contribution in [0.1, 0.15) is 29.9 Å². The van der Waals surface area contributed by atoms with Crippen molar-refractivity contribution in [3.05, 3.63) is 69.6 Å². The molecule has 21 heavy (non-hydrogen) atoms. The molecule has 3 nitrogen and oxygen atoms in total. The summed E-state index contributed by atoms with van der Waals surface area (Å²) < 4.78 is 11.2. The van der Waals surface area contributed by atoms with Crippen molar-refractivity contribution in [2.75, 3.05) is 0 Å². The molecule has 2 heterocycles. The zero-order valence-corrected chi connectivity index (χ0v) is 12.6. The molecule has 1 aliphatic rings. The van der Waals surface area contributed by atoms with E-state index in [-0.39, 0.29) is 12.1 Å². The van der Waals surface area contributed by atoms with Gasteiger partial charge in [-0.1, -0.05) is 36.4 Å². The Kier molecular flexibility index (Phi) is 4.06. The molecule has 1 aromatic heterocycles. The van der Waals surface area contributed by atoms with E-state index in [1.54, 1.807) is 11.3 Å². The fraction of sp³-hybridized carbons (Fsp3) is 0.235. The van der Waals surface area contributed by atoms with Gasteiger partial charge in [-0.15, -0.1) is 11.3 Å². The average molecular weight is 300 g/mol. The number of ether oxygens (including phenoxy) is 2. The predicted octanol–water partition coefficient (Wildman–Crippen LogP) is 4.23. The minimum absolute atomic E-state index is 0.0516. The molecular weight excluding hydrogens is 284 g/mol. The van der Waals surface area contributed by atoms with Gasteiger partial charge in [-0.05, 0) is 23.9 Å². The van der Waals surface area contributed by atoms with E-state index in [2.05, 4.69) is 0 Å². The highest BCUT2D eigenvalue weighted by Gasteiger charge is 2.30. The standard InChI is InChI=1S/C17H16O3S/c1-12-14(10-15(20-12)16-8-5-9-21-16)17(18)19-11-13-6-3-2-4-7-13/h2-9,15H,10-11H2,1H3/t15-/m1/s1. The number of carbonyl (C=O) groups excluding carboxylic acids is 1. The first-order chi connectivity index (χ1) is 10.2. The van der Waals surface area contributed by atoms with Gasteiger partial charge in [0.15, 0.2) is 0 Å². The van der Waals surface area contributed by atoms with Crippen LogP contribution in [0, 0.1) is 0 Å². The maximum Gasteiger partial charge on any atom is 0.337 e. The quantitative estimate of drug-likeness (QED) is 0.793. The van der Waals surface area contributed by atoms with Crippen molar-refractivity contribution >= 4 is 17.3 Å². The van der Waals surface area contributed by atoms with E-state index in [0.717, 1.165) is 10.4 Å². The van der Waals surface area contributed by atoms with Crippen molar-refractivity contribution in [1.82, 2.24) is 0 Å². The van der Waals surface area contributed by atoms with Crippen molar-refractivity contribution in [2.24, 2.45) is 0 Å². The van der Waals surface area contributed by atoms with Crippen LogP contribution in [0.2, 0.25) is 0 Å². The third kappa shape index (κ3) is 3.16. The fourth-order valence-electron chi connectivity index (χ4n) is 2.33. The normalized spacial score (nSPS) is 17.7. The topological polar surface area (TPSA) is 35.5 Å². The summed E-state index contributed by atoms with van der Waals surface area (Å²) in [5.41, 5.74) is 1.63. The van der Waals surface area contributed by atoms with Crippen LogP contribution in [0.4, 0.5) is 0 Å². The third-order valence-electron chi connectivity index (χ3n) is 3.45. The van der Waals surface area contributed by atoms with E-state index >= 15 is 0 Å². The van der Waals surface area contributed by atoms with Gasteiger partial charge in [0.25, 0.3) is 0 Å². The van der Waals surface area contributed by atoms with Crippen LogP contribution in [0.5, 0.6) is 0 Å². The minimum Gasteiger partial charge on any atom is -0.489 e. The van der Waals surface area contributed by atoms with E-state index in [9.17, 15) is 4.79 Å². The molecule has 0 fully saturated rings. The number of thiophene rings is 1. The molecular formula is C17H16O3S. The molecule has 1 atom stereocenters. The Labute approximate surface area is 127 Å². The molecule has 0 saturated heterocycles. The lowest BCUT2D eigenvalue weighted by Gasteiger charge is -2.08. The van der Waals surface area contributed by atoms with Crippen LogP contribution in [-0.2, 0) is 20.9 Å². The lowest BCUT2D eigenvalue weighted by atomic mass is 10.1. The van der Waals surface area contributed by atoms with Crippen molar-refractivity contribution in [3.8, 4) is 0 Å². The molecule has 0 spiro atoms. The third-order valence-corrected chi connectivity index (χ3v) is 4.42. The fourth-order valence-corrected chi connectivity index (χ4v) is 3.08. The molecule has 0 bridgehead atoms. The largest absolute Gasteiger partial charge is 0.489 e. The second-order valence-corrected chi connectivity index (χ2v) is 5.90. The summed E-state index contributed by atoms with van der Waals surface area (Å²) in [5.74, 6) is 0.391. The van der Waals surface area contributed by atoms with Crippen molar-refractivity contribution in [1.29, 1.82) is 0 Å². The number of allylic oxidation sites excluding steroid dienone is 1. The first-order valence-corrected chi connectivity index (χ1v) is 7.73. The van der Waals surface area contributed by atoms with Gasteiger partial charge in [0.05, 0.1) is 5.57 Å². The molecule has 0 aliphatic carbocycles. The Morgan fingerprint density at radius 2 is 2.10 bits per heavy atom. The van der Waals surface area contributed by atoms with Crippen LogP contribution < -0.4 is 0 Å². The van der Waals surface area contributed by atoms with Gasteiger partial charge in [0.1, 0.15) is 18.5 Å². The van der Waals surface area contributed by atoms with Crippen molar-refractivity contribution in [2.45, 2.75) is 26.1 Å². The summed E-state index contributed by atoms with van der Waals surface area (Å²) >= 11 is 1.64. The molecule has 3 rings (SSSR count). The zero-order valence-electron chi connectivity index (χ0n) is 11.7. The molecule has 0 N–H and O–H groups in total. The molecule has 0 saturated carbocycles. The SMILES string of the molecule is CC1=C(C(=O)OCc2ccccc2)C[C@H](c2cccs2)O1. The van der Waals surface area contributed by atoms with Gasteiger partial charge in [-0.3, -0.25) is 0 Å². The van der Waals surface area contributed by atoms with Crippen LogP contribution in [0.3, 0.4) is 0 Å². The molecule has 2 aromatic rings. The minimum atomic E-state index is -0.282. The highest BCUT2D eigenvalue weighted by Crippen LogP contribution is 2.38. The molecule has 1 aliphatic heterocycles. The lowest BCUT2D eigenvalue weighted by molar-refractivity contribution is -0.140. The Balaban J connectivity index is 1.61. The highest BCUT2D eigenvalue weighted by atomic mass is 32.1. The number of hydrogen-bond donors (Lipinski definition) is 0. The van der Waals surface area contributed by atoms with E-state index in [0.29, 0.717) is 24.4 Å². The average Bonchev–Trinajstić information content (AvgIpc) is 3.15. The van der Waals surface area contributed by atoms with Gasteiger partial charge in [0, 0.05) is 11.3 Å². The summed E-state index contributed by atoms with van der Waals surface area (Å²) in [4.78, 5) is 13.3. The van der Waals surface area contributed by atoms with E-state index in [1.165, 1.54) is 0 Å². The molecule has 0 unspecified atom stereocenters. The molecule has 108 valence electrons. The van der Waals surface area contributed by atoms with Gasteiger partial charge < -0.3 is 9.47 Å². The van der Waals surface area contributed by atoms with Crippen molar-refractivity contribution < 1.29 is 14.3 Å². The van der Waals surface area contributed by atoms with Crippen LogP contribution in [0.15, 0.2) is 59.2 Å². The first kappa shape index (κ1) is 13.9. The second kappa shape index (κ2) is 6.14. The Hall–Kier alpha value is -2.07. The Morgan fingerprint density at radius 1 is 1.29 bits per heavy atom. The Morgan fingerprint density at radius 3 is 2.81 bits per heavy atom. The highest BCUT2D eigenvalue weighted by molar-refractivity contribution is 7.10. The van der Waals surface area contributed by atoms with Gasteiger partial charge in [0.2, 0.25) is 0 Å². The zero-order chi connectivity index (χ0) is 14.7. The molecule has 0 radical (unpaired) electrons. The smallest absolute Gasteiger partial charge is 0.337 e. The number of esters is 1.